The minimum atomic E-state index is 0.155. The minimum absolute atomic E-state index is 0.155. The second-order valence-electron chi connectivity index (χ2n) is 10.5. The Bertz CT molecular complexity index is 849. The monoisotopic (exact) mass is 413 g/mol. The first-order valence-corrected chi connectivity index (χ1v) is 11.5. The Morgan fingerprint density at radius 1 is 1.14 bits per heavy atom. The van der Waals surface area contributed by atoms with Gasteiger partial charge in [0.25, 0.3) is 0 Å². The van der Waals surface area contributed by atoms with Gasteiger partial charge in [-0.3, -0.25) is 4.79 Å². The maximum absolute atomic E-state index is 12.1. The van der Waals surface area contributed by atoms with Crippen LogP contribution in [0, 0.1) is 28.6 Å². The molecule has 0 N–H and O–H groups in total. The lowest BCUT2D eigenvalue weighted by Crippen LogP contribution is -2.56. The van der Waals surface area contributed by atoms with Crippen LogP contribution in [0.3, 0.4) is 0 Å². The number of ether oxygens (including phenoxy) is 1. The predicted molar refractivity (Wildman–Crippen MR) is 116 cm³/mol. The van der Waals surface area contributed by atoms with Crippen LogP contribution in [0.4, 0.5) is 0 Å². The van der Waals surface area contributed by atoms with Crippen LogP contribution < -0.4 is 4.74 Å². The van der Waals surface area contributed by atoms with Crippen molar-refractivity contribution in [3.8, 4) is 5.75 Å². The van der Waals surface area contributed by atoms with Crippen LogP contribution in [0.1, 0.15) is 52.4 Å². The van der Waals surface area contributed by atoms with Crippen molar-refractivity contribution < 1.29 is 9.53 Å². The van der Waals surface area contributed by atoms with Crippen LogP contribution in [0.25, 0.3) is 0 Å². The molecular weight excluding hydrogens is 382 g/mol. The van der Waals surface area contributed by atoms with Gasteiger partial charge in [0.15, 0.2) is 5.78 Å². The van der Waals surface area contributed by atoms with Gasteiger partial charge in [-0.25, -0.2) is 0 Å². The van der Waals surface area contributed by atoms with E-state index in [9.17, 15) is 4.79 Å². The fourth-order valence-corrected chi connectivity index (χ4v) is 7.48. The Hall–Kier alpha value is -1.48. The largest absolute Gasteiger partial charge is 0.490 e. The first-order valence-electron chi connectivity index (χ1n) is 11.2. The summed E-state index contributed by atoms with van der Waals surface area (Å²) in [4.78, 5) is 14.5. The molecule has 0 aromatic heterocycles. The Labute approximate surface area is 179 Å². The van der Waals surface area contributed by atoms with Crippen molar-refractivity contribution in [2.24, 2.45) is 28.6 Å². The maximum atomic E-state index is 12.1. The van der Waals surface area contributed by atoms with E-state index in [2.05, 4.69) is 25.8 Å². The fourth-order valence-electron chi connectivity index (χ4n) is 7.36. The zero-order valence-electron chi connectivity index (χ0n) is 17.8. The van der Waals surface area contributed by atoms with E-state index in [1.165, 1.54) is 18.5 Å². The third kappa shape index (κ3) is 3.12. The second-order valence-corrected chi connectivity index (χ2v) is 10.9. The van der Waals surface area contributed by atoms with Gasteiger partial charge in [-0.1, -0.05) is 25.4 Å². The zero-order valence-corrected chi connectivity index (χ0v) is 18.5. The van der Waals surface area contributed by atoms with E-state index in [0.717, 1.165) is 36.6 Å². The SMILES string of the molecule is CN1C[C@@H]2[C@@H](CC[C@]3(C)CC(Oc4ccc(Cl)cc4)C[C@@H]23)[C@@]2(C)CCC(=O)C=C12. The standard InChI is InChI=1S/C25H32ClNO2/c1-24-10-9-21-20(15-27(3)23-12-17(28)8-11-25(21,23)2)22(24)13-19(14-24)29-18-6-4-16(26)5-7-18/h4-7,12,19-22H,8-11,13-15H2,1-3H3/t19?,20-,21-,22+,24-,25-/m1/s1. The number of nitrogens with zero attached hydrogens (tertiary/aromatic N) is 1. The molecule has 156 valence electrons. The van der Waals surface area contributed by atoms with Crippen molar-refractivity contribution in [3.63, 3.8) is 0 Å². The summed E-state index contributed by atoms with van der Waals surface area (Å²) >= 11 is 6.03. The number of hydrogen-bond acceptors (Lipinski definition) is 3. The molecule has 0 bridgehead atoms. The van der Waals surface area contributed by atoms with Crippen molar-refractivity contribution in [1.29, 1.82) is 0 Å². The number of carbonyl (C=O) groups excluding carboxylic acids is 1. The van der Waals surface area contributed by atoms with Crippen molar-refractivity contribution in [3.05, 3.63) is 41.1 Å². The number of fused-ring (bicyclic) bond motifs is 5. The summed E-state index contributed by atoms with van der Waals surface area (Å²) in [5, 5.41) is 0.751. The average Bonchev–Trinajstić information content (AvgIpc) is 3.01. The molecule has 1 aromatic carbocycles. The number of ketones is 1. The van der Waals surface area contributed by atoms with E-state index in [-0.39, 0.29) is 11.5 Å². The van der Waals surface area contributed by atoms with Gasteiger partial charge >= 0.3 is 0 Å². The normalized spacial score (nSPS) is 41.3. The number of rotatable bonds is 2. The van der Waals surface area contributed by atoms with Crippen LogP contribution >= 0.6 is 11.6 Å². The molecule has 3 nitrogen and oxygen atoms in total. The predicted octanol–water partition coefficient (Wildman–Crippen LogP) is 5.73. The molecule has 0 amide bonds. The van der Waals surface area contributed by atoms with E-state index < -0.39 is 0 Å². The summed E-state index contributed by atoms with van der Waals surface area (Å²) in [6, 6.07) is 7.79. The highest BCUT2D eigenvalue weighted by atomic mass is 35.5. The van der Waals surface area contributed by atoms with E-state index in [0.29, 0.717) is 35.4 Å². The molecule has 2 saturated carbocycles. The molecule has 3 fully saturated rings. The number of allylic oxidation sites excluding steroid dienone is 2. The number of carbonyl (C=O) groups is 1. The van der Waals surface area contributed by atoms with E-state index in [4.69, 9.17) is 16.3 Å². The Morgan fingerprint density at radius 2 is 1.90 bits per heavy atom. The first kappa shape index (κ1) is 19.5. The molecule has 1 aromatic rings. The lowest BCUT2D eigenvalue weighted by Gasteiger charge is -2.59. The molecule has 5 rings (SSSR count). The molecule has 4 aliphatic rings. The van der Waals surface area contributed by atoms with Gasteiger partial charge in [-0.15, -0.1) is 0 Å². The Balaban J connectivity index is 1.39. The molecular formula is C25H32ClNO2. The maximum Gasteiger partial charge on any atom is 0.157 e. The van der Waals surface area contributed by atoms with Crippen LogP contribution in [0.5, 0.6) is 5.75 Å². The molecule has 6 atom stereocenters. The van der Waals surface area contributed by atoms with Gasteiger partial charge in [0, 0.05) is 42.2 Å². The van der Waals surface area contributed by atoms with Gasteiger partial charge in [0.2, 0.25) is 0 Å². The second kappa shape index (κ2) is 6.77. The summed E-state index contributed by atoms with van der Waals surface area (Å²) in [6.07, 6.45) is 8.80. The summed E-state index contributed by atoms with van der Waals surface area (Å²) in [5.41, 5.74) is 1.81. The molecule has 0 spiro atoms. The topological polar surface area (TPSA) is 29.5 Å². The van der Waals surface area contributed by atoms with Crippen molar-refractivity contribution in [1.82, 2.24) is 4.90 Å². The molecule has 29 heavy (non-hydrogen) atoms. The smallest absolute Gasteiger partial charge is 0.157 e. The number of piperidine rings is 1. The van der Waals surface area contributed by atoms with Gasteiger partial charge in [0.05, 0.1) is 6.10 Å². The third-order valence-corrected chi connectivity index (χ3v) is 9.02. The van der Waals surface area contributed by atoms with Crippen molar-refractivity contribution in [2.75, 3.05) is 13.6 Å². The van der Waals surface area contributed by atoms with Gasteiger partial charge < -0.3 is 9.64 Å². The molecule has 1 saturated heterocycles. The van der Waals surface area contributed by atoms with Gasteiger partial charge in [0.1, 0.15) is 5.75 Å². The van der Waals surface area contributed by atoms with Crippen molar-refractivity contribution >= 4 is 17.4 Å². The van der Waals surface area contributed by atoms with E-state index in [1.54, 1.807) is 0 Å². The Kier molecular flexibility index (Phi) is 4.55. The summed E-state index contributed by atoms with van der Waals surface area (Å²) in [6.45, 7) is 6.00. The molecule has 3 aliphatic carbocycles. The van der Waals surface area contributed by atoms with Crippen LogP contribution in [-0.4, -0.2) is 30.4 Å². The van der Waals surface area contributed by atoms with E-state index >= 15 is 0 Å². The van der Waals surface area contributed by atoms with Crippen molar-refractivity contribution in [2.45, 2.75) is 58.5 Å². The highest BCUT2D eigenvalue weighted by Crippen LogP contribution is 2.64. The summed E-state index contributed by atoms with van der Waals surface area (Å²) < 4.78 is 6.41. The van der Waals surface area contributed by atoms with Crippen LogP contribution in [0.15, 0.2) is 36.0 Å². The number of likely N-dealkylation sites (tertiary alicyclic amines) is 1. The first-order chi connectivity index (χ1) is 13.8. The number of benzene rings is 1. The third-order valence-electron chi connectivity index (χ3n) is 8.77. The summed E-state index contributed by atoms with van der Waals surface area (Å²) in [7, 11) is 2.20. The van der Waals surface area contributed by atoms with Crippen LogP contribution in [-0.2, 0) is 4.79 Å². The quantitative estimate of drug-likeness (QED) is 0.620. The number of hydrogen-bond donors (Lipinski definition) is 0. The number of halogens is 1. The summed E-state index contributed by atoms with van der Waals surface area (Å²) in [5.74, 6) is 3.30. The molecule has 1 unspecified atom stereocenters. The molecule has 0 radical (unpaired) electrons. The highest BCUT2D eigenvalue weighted by Gasteiger charge is 2.59. The lowest BCUT2D eigenvalue weighted by molar-refractivity contribution is -0.118. The van der Waals surface area contributed by atoms with Gasteiger partial charge in [-0.05, 0) is 79.5 Å². The average molecular weight is 414 g/mol. The molecule has 4 heteroatoms. The Morgan fingerprint density at radius 3 is 2.66 bits per heavy atom. The highest BCUT2D eigenvalue weighted by molar-refractivity contribution is 6.30. The minimum Gasteiger partial charge on any atom is -0.490 e. The molecule has 1 heterocycles. The van der Waals surface area contributed by atoms with Gasteiger partial charge in [-0.2, -0.15) is 0 Å². The fraction of sp³-hybridized carbons (Fsp3) is 0.640. The molecule has 1 aliphatic heterocycles. The lowest BCUT2D eigenvalue weighted by atomic mass is 9.50. The van der Waals surface area contributed by atoms with Crippen LogP contribution in [0.2, 0.25) is 5.02 Å². The van der Waals surface area contributed by atoms with E-state index in [1.807, 2.05) is 30.3 Å². The zero-order chi connectivity index (χ0) is 20.4.